The van der Waals surface area contributed by atoms with Gasteiger partial charge in [0.1, 0.15) is 5.75 Å². The molecule has 2 rings (SSSR count). The van der Waals surface area contributed by atoms with Crippen molar-refractivity contribution in [2.45, 2.75) is 26.7 Å². The van der Waals surface area contributed by atoms with E-state index in [0.717, 1.165) is 12.1 Å². The van der Waals surface area contributed by atoms with Crippen LogP contribution >= 0.6 is 0 Å². The van der Waals surface area contributed by atoms with Crippen LogP contribution < -0.4 is 10.1 Å². The average molecular weight is 285 g/mol. The topological polar surface area (TPSA) is 64.1 Å². The van der Waals surface area contributed by atoms with Crippen molar-refractivity contribution in [3.63, 3.8) is 0 Å². The van der Waals surface area contributed by atoms with Crippen LogP contribution in [-0.2, 0) is 4.79 Å². The van der Waals surface area contributed by atoms with Gasteiger partial charge in [0.2, 0.25) is 5.91 Å². The Kier molecular flexibility index (Phi) is 5.26. The van der Waals surface area contributed by atoms with E-state index in [2.05, 4.69) is 29.1 Å². The molecule has 0 atom stereocenters. The van der Waals surface area contributed by atoms with Gasteiger partial charge in [0.15, 0.2) is 0 Å². The Hall–Kier alpha value is -2.43. The van der Waals surface area contributed by atoms with E-state index in [1.54, 1.807) is 42.7 Å². The van der Waals surface area contributed by atoms with Gasteiger partial charge in [-0.2, -0.15) is 0 Å². The zero-order valence-corrected chi connectivity index (χ0v) is 12.2. The second kappa shape index (κ2) is 7.38. The van der Waals surface area contributed by atoms with Crippen LogP contribution in [0.3, 0.4) is 0 Å². The third-order valence-electron chi connectivity index (χ3n) is 2.84. The Morgan fingerprint density at radius 1 is 1.19 bits per heavy atom. The van der Waals surface area contributed by atoms with Gasteiger partial charge in [-0.3, -0.25) is 4.79 Å². The number of anilines is 1. The highest BCUT2D eigenvalue weighted by Gasteiger charge is 2.05. The van der Waals surface area contributed by atoms with Crippen LogP contribution in [0.1, 0.15) is 26.7 Å². The molecule has 0 saturated carbocycles. The first kappa shape index (κ1) is 15.0. The van der Waals surface area contributed by atoms with Crippen LogP contribution in [0.15, 0.2) is 42.7 Å². The molecular formula is C16H19N3O2. The number of rotatable bonds is 6. The first-order valence-electron chi connectivity index (χ1n) is 6.98. The standard InChI is InChI=1S/C16H19N3O2/c1-12(2)4-9-15(20)19-13-5-7-14(8-6-13)21-16-17-10-3-11-18-16/h3,5-8,10-12H,4,9H2,1-2H3,(H,19,20). The number of ether oxygens (including phenoxy) is 1. The van der Waals surface area contributed by atoms with Crippen LogP contribution in [0.2, 0.25) is 0 Å². The molecule has 110 valence electrons. The number of aromatic nitrogens is 2. The number of benzene rings is 1. The van der Waals surface area contributed by atoms with E-state index in [9.17, 15) is 4.79 Å². The zero-order valence-electron chi connectivity index (χ0n) is 12.2. The van der Waals surface area contributed by atoms with E-state index in [-0.39, 0.29) is 5.91 Å². The number of carbonyl (C=O) groups excluding carboxylic acids is 1. The van der Waals surface area contributed by atoms with E-state index in [1.807, 2.05) is 0 Å². The van der Waals surface area contributed by atoms with Gasteiger partial charge in [0, 0.05) is 24.5 Å². The highest BCUT2D eigenvalue weighted by atomic mass is 16.5. The molecule has 0 bridgehead atoms. The SMILES string of the molecule is CC(C)CCC(=O)Nc1ccc(Oc2ncccn2)cc1. The minimum atomic E-state index is 0.0313. The zero-order chi connectivity index (χ0) is 15.1. The monoisotopic (exact) mass is 285 g/mol. The van der Waals surface area contributed by atoms with E-state index < -0.39 is 0 Å². The molecule has 0 aliphatic rings. The molecule has 1 amide bonds. The lowest BCUT2D eigenvalue weighted by Crippen LogP contribution is -2.12. The first-order chi connectivity index (χ1) is 10.1. The molecule has 0 aliphatic carbocycles. The molecule has 0 aliphatic heterocycles. The summed E-state index contributed by atoms with van der Waals surface area (Å²) in [7, 11) is 0. The third kappa shape index (κ3) is 5.22. The van der Waals surface area contributed by atoms with Gasteiger partial charge in [-0.15, -0.1) is 0 Å². The van der Waals surface area contributed by atoms with Gasteiger partial charge >= 0.3 is 6.01 Å². The van der Waals surface area contributed by atoms with Crippen molar-refractivity contribution in [3.8, 4) is 11.8 Å². The van der Waals surface area contributed by atoms with Crippen LogP contribution in [0.4, 0.5) is 5.69 Å². The maximum atomic E-state index is 11.7. The van der Waals surface area contributed by atoms with Gasteiger partial charge in [-0.1, -0.05) is 13.8 Å². The van der Waals surface area contributed by atoms with Gasteiger partial charge in [0.25, 0.3) is 0 Å². The molecule has 5 heteroatoms. The molecule has 5 nitrogen and oxygen atoms in total. The molecule has 0 fully saturated rings. The van der Waals surface area contributed by atoms with Crippen molar-refractivity contribution in [1.82, 2.24) is 9.97 Å². The van der Waals surface area contributed by atoms with Crippen LogP contribution in [0.25, 0.3) is 0 Å². The van der Waals surface area contributed by atoms with E-state index in [0.29, 0.717) is 24.1 Å². The van der Waals surface area contributed by atoms with Crippen molar-refractivity contribution >= 4 is 11.6 Å². The largest absolute Gasteiger partial charge is 0.424 e. The predicted octanol–water partition coefficient (Wildman–Crippen LogP) is 3.64. The number of hydrogen-bond donors (Lipinski definition) is 1. The summed E-state index contributed by atoms with van der Waals surface area (Å²) in [6.07, 6.45) is 4.66. The molecular weight excluding hydrogens is 266 g/mol. The number of carbonyl (C=O) groups is 1. The highest BCUT2D eigenvalue weighted by Crippen LogP contribution is 2.20. The van der Waals surface area contributed by atoms with Crippen molar-refractivity contribution < 1.29 is 9.53 Å². The van der Waals surface area contributed by atoms with Gasteiger partial charge in [-0.05, 0) is 42.7 Å². The van der Waals surface area contributed by atoms with Crippen LogP contribution in [0.5, 0.6) is 11.8 Å². The molecule has 1 aromatic carbocycles. The van der Waals surface area contributed by atoms with Crippen molar-refractivity contribution in [3.05, 3.63) is 42.7 Å². The Morgan fingerprint density at radius 3 is 2.48 bits per heavy atom. The first-order valence-corrected chi connectivity index (χ1v) is 6.98. The fraction of sp³-hybridized carbons (Fsp3) is 0.312. The second-order valence-electron chi connectivity index (χ2n) is 5.14. The van der Waals surface area contributed by atoms with E-state index in [1.165, 1.54) is 0 Å². The van der Waals surface area contributed by atoms with Crippen molar-refractivity contribution in [2.75, 3.05) is 5.32 Å². The Bertz CT molecular complexity index is 568. The quantitative estimate of drug-likeness (QED) is 0.880. The molecule has 21 heavy (non-hydrogen) atoms. The van der Waals surface area contributed by atoms with Crippen LogP contribution in [0, 0.1) is 5.92 Å². The predicted molar refractivity (Wildman–Crippen MR) is 81.2 cm³/mol. The summed E-state index contributed by atoms with van der Waals surface area (Å²) in [5, 5.41) is 2.86. The van der Waals surface area contributed by atoms with Gasteiger partial charge in [-0.25, -0.2) is 9.97 Å². The number of nitrogens with zero attached hydrogens (tertiary/aromatic N) is 2. The lowest BCUT2D eigenvalue weighted by molar-refractivity contribution is -0.116. The Labute approximate surface area is 124 Å². The molecule has 1 N–H and O–H groups in total. The summed E-state index contributed by atoms with van der Waals surface area (Å²) in [4.78, 5) is 19.7. The molecule has 1 aromatic heterocycles. The van der Waals surface area contributed by atoms with Crippen molar-refractivity contribution in [1.29, 1.82) is 0 Å². The summed E-state index contributed by atoms with van der Waals surface area (Å²) in [6, 6.07) is 9.16. The minimum Gasteiger partial charge on any atom is -0.424 e. The maximum Gasteiger partial charge on any atom is 0.321 e. The summed E-state index contributed by atoms with van der Waals surface area (Å²) in [6.45, 7) is 4.20. The summed E-state index contributed by atoms with van der Waals surface area (Å²) in [5.41, 5.74) is 0.755. The summed E-state index contributed by atoms with van der Waals surface area (Å²) in [5.74, 6) is 1.18. The molecule has 0 unspecified atom stereocenters. The maximum absolute atomic E-state index is 11.7. The fourth-order valence-corrected chi connectivity index (χ4v) is 1.69. The third-order valence-corrected chi connectivity index (χ3v) is 2.84. The molecule has 2 aromatic rings. The highest BCUT2D eigenvalue weighted by molar-refractivity contribution is 5.90. The van der Waals surface area contributed by atoms with Crippen molar-refractivity contribution in [2.24, 2.45) is 5.92 Å². The smallest absolute Gasteiger partial charge is 0.321 e. The Balaban J connectivity index is 1.88. The van der Waals surface area contributed by atoms with Crippen LogP contribution in [-0.4, -0.2) is 15.9 Å². The average Bonchev–Trinajstić information content (AvgIpc) is 2.48. The number of hydrogen-bond acceptors (Lipinski definition) is 4. The molecule has 0 spiro atoms. The van der Waals surface area contributed by atoms with E-state index >= 15 is 0 Å². The number of amides is 1. The molecule has 0 saturated heterocycles. The summed E-state index contributed by atoms with van der Waals surface area (Å²) >= 11 is 0. The normalized spacial score (nSPS) is 10.4. The number of nitrogens with one attached hydrogen (secondary N) is 1. The minimum absolute atomic E-state index is 0.0313. The molecule has 1 heterocycles. The second-order valence-corrected chi connectivity index (χ2v) is 5.14. The van der Waals surface area contributed by atoms with E-state index in [4.69, 9.17) is 4.74 Å². The van der Waals surface area contributed by atoms with Gasteiger partial charge in [0.05, 0.1) is 0 Å². The summed E-state index contributed by atoms with van der Waals surface area (Å²) < 4.78 is 5.48. The molecule has 0 radical (unpaired) electrons. The lowest BCUT2D eigenvalue weighted by Gasteiger charge is -2.08. The lowest BCUT2D eigenvalue weighted by atomic mass is 10.1. The Morgan fingerprint density at radius 2 is 1.86 bits per heavy atom. The van der Waals surface area contributed by atoms with Gasteiger partial charge < -0.3 is 10.1 Å². The fourth-order valence-electron chi connectivity index (χ4n) is 1.69.